The fourth-order valence-electron chi connectivity index (χ4n) is 5.39. The number of aromatic nitrogens is 1. The van der Waals surface area contributed by atoms with Crippen LogP contribution in [0.3, 0.4) is 0 Å². The summed E-state index contributed by atoms with van der Waals surface area (Å²) < 4.78 is 35.9. The van der Waals surface area contributed by atoms with Gasteiger partial charge in [0.25, 0.3) is 0 Å². The van der Waals surface area contributed by atoms with Crippen LogP contribution in [0.1, 0.15) is 24.0 Å². The molecule has 212 valence electrons. The summed E-state index contributed by atoms with van der Waals surface area (Å²) in [5.41, 5.74) is 7.38. The van der Waals surface area contributed by atoms with E-state index in [4.69, 9.17) is 22.1 Å². The van der Waals surface area contributed by atoms with E-state index in [1.807, 2.05) is 0 Å². The summed E-state index contributed by atoms with van der Waals surface area (Å²) in [5, 5.41) is 3.24. The number of carbonyl (C=O) groups is 3. The summed E-state index contributed by atoms with van der Waals surface area (Å²) in [6.07, 6.45) is -0.154. The van der Waals surface area contributed by atoms with Crippen molar-refractivity contribution in [3.8, 4) is 0 Å². The number of fused-ring (bicyclic) bond motifs is 1. The van der Waals surface area contributed by atoms with Gasteiger partial charge in [0, 0.05) is 44.1 Å². The number of primary amides is 1. The average molecular weight is 574 g/mol. The number of morpholine rings is 1. The summed E-state index contributed by atoms with van der Waals surface area (Å²) in [5.74, 6) is -0.959. The molecule has 3 aromatic rings. The van der Waals surface area contributed by atoms with E-state index in [-0.39, 0.29) is 36.6 Å². The highest BCUT2D eigenvalue weighted by Gasteiger charge is 2.39. The Kier molecular flexibility index (Phi) is 8.34. The van der Waals surface area contributed by atoms with E-state index >= 15 is 0 Å². The number of nitrogens with zero attached hydrogens (tertiary/aromatic N) is 3. The number of alkyl halides is 1. The number of amides is 3. The van der Waals surface area contributed by atoms with Gasteiger partial charge in [-0.15, -0.1) is 0 Å². The van der Waals surface area contributed by atoms with Gasteiger partial charge in [-0.05, 0) is 29.7 Å². The maximum Gasteiger partial charge on any atom is 0.323 e. The minimum atomic E-state index is -1.38. The van der Waals surface area contributed by atoms with Crippen LogP contribution >= 0.6 is 11.6 Å². The third-order valence-corrected chi connectivity index (χ3v) is 7.66. The highest BCUT2D eigenvalue weighted by atomic mass is 35.5. The largest absolute Gasteiger partial charge is 0.379 e. The molecule has 2 saturated heterocycles. The molecule has 0 spiro atoms. The smallest absolute Gasteiger partial charge is 0.323 e. The Bertz CT molecular complexity index is 1440. The number of para-hydroxylation sites is 1. The number of urea groups is 1. The third-order valence-electron chi connectivity index (χ3n) is 7.39. The highest BCUT2D eigenvalue weighted by Crippen LogP contribution is 2.29. The van der Waals surface area contributed by atoms with Crippen molar-refractivity contribution in [2.75, 3.05) is 38.2 Å². The van der Waals surface area contributed by atoms with Gasteiger partial charge < -0.3 is 20.7 Å². The van der Waals surface area contributed by atoms with Crippen molar-refractivity contribution in [2.24, 2.45) is 5.73 Å². The number of carbonyl (C=O) groups excluding carboxylic acids is 3. The van der Waals surface area contributed by atoms with Crippen LogP contribution in [-0.2, 0) is 22.5 Å². The molecule has 40 heavy (non-hydrogen) atoms. The van der Waals surface area contributed by atoms with Crippen LogP contribution in [0.5, 0.6) is 0 Å². The second kappa shape index (κ2) is 11.9. The maximum atomic E-state index is 14.8. The van der Waals surface area contributed by atoms with Gasteiger partial charge in [0.15, 0.2) is 5.78 Å². The molecule has 3 N–H and O–H groups in total. The molecule has 0 unspecified atom stereocenters. The van der Waals surface area contributed by atoms with E-state index in [1.165, 1.54) is 10.8 Å². The summed E-state index contributed by atoms with van der Waals surface area (Å²) in [6.45, 7) is 3.10. The molecule has 2 aromatic carbocycles. The van der Waals surface area contributed by atoms with Crippen LogP contribution in [0, 0.1) is 5.82 Å². The zero-order valence-electron chi connectivity index (χ0n) is 21.7. The van der Waals surface area contributed by atoms with Gasteiger partial charge >= 0.3 is 12.1 Å². The van der Waals surface area contributed by atoms with Gasteiger partial charge in [-0.25, -0.2) is 18.4 Å². The van der Waals surface area contributed by atoms with E-state index in [0.717, 1.165) is 23.6 Å². The first-order valence-electron chi connectivity index (χ1n) is 13.1. The molecule has 0 radical (unpaired) electrons. The number of ketones is 1. The van der Waals surface area contributed by atoms with Crippen molar-refractivity contribution in [1.29, 1.82) is 0 Å². The molecule has 2 aliphatic heterocycles. The van der Waals surface area contributed by atoms with E-state index in [9.17, 15) is 23.2 Å². The number of benzene rings is 2. The lowest BCUT2D eigenvalue weighted by molar-refractivity contribution is -0.122. The Morgan fingerprint density at radius 2 is 1.90 bits per heavy atom. The lowest BCUT2D eigenvalue weighted by Gasteiger charge is -2.27. The van der Waals surface area contributed by atoms with Gasteiger partial charge in [-0.2, -0.15) is 0 Å². The van der Waals surface area contributed by atoms with Gasteiger partial charge in [0.1, 0.15) is 12.0 Å². The summed E-state index contributed by atoms with van der Waals surface area (Å²) in [4.78, 5) is 41.6. The molecule has 5 rings (SSSR count). The first-order chi connectivity index (χ1) is 19.2. The Balaban J connectivity index is 1.27. The molecular formula is C28H30ClF2N5O4. The van der Waals surface area contributed by atoms with Crippen molar-refractivity contribution in [1.82, 2.24) is 14.4 Å². The molecule has 9 nitrogen and oxygen atoms in total. The molecule has 0 saturated carbocycles. The first kappa shape index (κ1) is 28.0. The zero-order valence-corrected chi connectivity index (χ0v) is 22.5. The second-order valence-electron chi connectivity index (χ2n) is 10.1. The van der Waals surface area contributed by atoms with Crippen LogP contribution < -0.4 is 11.1 Å². The molecule has 12 heteroatoms. The van der Waals surface area contributed by atoms with Crippen molar-refractivity contribution >= 4 is 46.0 Å². The van der Waals surface area contributed by atoms with Crippen LogP contribution in [0.15, 0.2) is 42.6 Å². The number of rotatable bonds is 7. The number of ether oxygens (including phenoxy) is 1. The molecule has 2 fully saturated rings. The maximum absolute atomic E-state index is 14.8. The normalized spacial score (nSPS) is 19.7. The van der Waals surface area contributed by atoms with E-state index in [1.54, 1.807) is 36.4 Å². The number of nitrogens with two attached hydrogens (primary N) is 1. The molecule has 1 aromatic heterocycles. The fourth-order valence-corrected chi connectivity index (χ4v) is 5.65. The number of aryl methyl sites for hydroxylation is 1. The summed E-state index contributed by atoms with van der Waals surface area (Å²) in [6, 6.07) is 7.74. The number of halogens is 3. The topological polar surface area (TPSA) is 110 Å². The van der Waals surface area contributed by atoms with E-state index in [0.29, 0.717) is 41.9 Å². The third kappa shape index (κ3) is 5.96. The quantitative estimate of drug-likeness (QED) is 0.437. The van der Waals surface area contributed by atoms with Gasteiger partial charge in [-0.3, -0.25) is 14.3 Å². The molecular weight excluding hydrogens is 544 g/mol. The van der Waals surface area contributed by atoms with Gasteiger partial charge in [0.2, 0.25) is 0 Å². The number of nitrogens with one attached hydrogen (secondary N) is 1. The number of anilines is 1. The monoisotopic (exact) mass is 573 g/mol. The summed E-state index contributed by atoms with van der Waals surface area (Å²) >= 11 is 6.16. The first-order valence-corrected chi connectivity index (χ1v) is 13.5. The van der Waals surface area contributed by atoms with Crippen molar-refractivity contribution in [3.63, 3.8) is 0 Å². The van der Waals surface area contributed by atoms with Crippen LogP contribution in [0.4, 0.5) is 24.1 Å². The molecule has 0 bridgehead atoms. The van der Waals surface area contributed by atoms with Crippen molar-refractivity contribution < 1.29 is 27.9 Å². The Morgan fingerprint density at radius 1 is 1.15 bits per heavy atom. The Labute approximate surface area is 234 Å². The van der Waals surface area contributed by atoms with Crippen molar-refractivity contribution in [3.05, 3.63) is 64.6 Å². The molecule has 3 amide bonds. The lowest BCUT2D eigenvalue weighted by Crippen LogP contribution is -2.43. The number of Topliss-reactive ketones (excluding diaryl/α,β-unsaturated/α-hetero) is 1. The predicted molar refractivity (Wildman–Crippen MR) is 147 cm³/mol. The van der Waals surface area contributed by atoms with E-state index in [2.05, 4.69) is 10.2 Å². The fraction of sp³-hybridized carbons (Fsp3) is 0.393. The van der Waals surface area contributed by atoms with Crippen LogP contribution in [0.2, 0.25) is 5.02 Å². The SMILES string of the molecule is NC(=O)n1cc(NC(=O)N2C[C@H](F)C[C@H]2C(=O)CCc2cc(CN3CCOCC3)cc(Cl)c2F)c2ccccc21. The summed E-state index contributed by atoms with van der Waals surface area (Å²) in [7, 11) is 0. The number of hydrogen-bond acceptors (Lipinski definition) is 5. The lowest BCUT2D eigenvalue weighted by atomic mass is 9.99. The molecule has 0 aliphatic carbocycles. The molecule has 3 heterocycles. The van der Waals surface area contributed by atoms with Crippen molar-refractivity contribution in [2.45, 2.75) is 38.0 Å². The zero-order chi connectivity index (χ0) is 28.4. The Hall–Kier alpha value is -3.54. The number of hydrogen-bond donors (Lipinski definition) is 2. The number of likely N-dealkylation sites (tertiary alicyclic amines) is 1. The molecule has 2 aliphatic rings. The minimum absolute atomic E-state index is 0.0194. The average Bonchev–Trinajstić information content (AvgIpc) is 3.51. The van der Waals surface area contributed by atoms with Crippen LogP contribution in [-0.4, -0.2) is 77.3 Å². The Morgan fingerprint density at radius 3 is 2.65 bits per heavy atom. The predicted octanol–water partition coefficient (Wildman–Crippen LogP) is 4.34. The second-order valence-corrected chi connectivity index (χ2v) is 10.5. The minimum Gasteiger partial charge on any atom is -0.379 e. The molecule has 2 atom stereocenters. The van der Waals surface area contributed by atoms with Crippen LogP contribution in [0.25, 0.3) is 10.9 Å². The van der Waals surface area contributed by atoms with Gasteiger partial charge in [0.05, 0.1) is 42.0 Å². The standard InChI is InChI=1S/C28H30ClF2N5O4/c29-21-12-17(14-34-7-9-40-10-8-34)11-18(26(21)31)5-6-25(37)24-13-19(30)15-36(24)28(39)33-22-16-35(27(32)38)23-4-2-1-3-20(22)23/h1-4,11-12,16,19,24H,5-10,13-15H2,(H2,32,38)(H,33,39)/t19-,24+/m1/s1. The van der Waals surface area contributed by atoms with E-state index < -0.39 is 30.1 Å². The van der Waals surface area contributed by atoms with Gasteiger partial charge in [-0.1, -0.05) is 35.9 Å². The highest BCUT2D eigenvalue weighted by molar-refractivity contribution is 6.30.